The standard InChI is InChI=1S/C26H33ClN6O3S/c1-19-17-20(13-14-28-19)33(37(4,35)36)26-29-23-11-7-10-22(27)25(23)32(26)21-9-5-6-16-31(18-21)24(34)12-8-15-30(2)3/h7-8,10-14,17,21H,5-6,9,15-16,18H2,1-4H3/b12-8+. The summed E-state index contributed by atoms with van der Waals surface area (Å²) in [4.78, 5) is 25.9. The molecule has 3 aromatic rings. The number of likely N-dealkylation sites (N-methyl/N-ethyl adjacent to an activating group) is 1. The maximum atomic E-state index is 13.2. The number of imidazole rings is 1. The zero-order chi connectivity index (χ0) is 26.7. The van der Waals surface area contributed by atoms with Gasteiger partial charge in [-0.3, -0.25) is 9.78 Å². The van der Waals surface area contributed by atoms with E-state index in [9.17, 15) is 13.2 Å². The monoisotopic (exact) mass is 544 g/mol. The van der Waals surface area contributed by atoms with Crippen LogP contribution in [0.3, 0.4) is 0 Å². The van der Waals surface area contributed by atoms with Crippen molar-refractivity contribution in [2.45, 2.75) is 32.2 Å². The number of para-hydroxylation sites is 1. The van der Waals surface area contributed by atoms with E-state index in [4.69, 9.17) is 16.6 Å². The van der Waals surface area contributed by atoms with Crippen LogP contribution in [0.2, 0.25) is 5.02 Å². The lowest BCUT2D eigenvalue weighted by Crippen LogP contribution is -2.36. The SMILES string of the molecule is Cc1cc(N(c2nc3cccc(Cl)c3n2C2CCCCN(C(=O)/C=C/CN(C)C)C2)S(C)(=O)=O)ccn1. The summed E-state index contributed by atoms with van der Waals surface area (Å²) in [5.41, 5.74) is 2.37. The van der Waals surface area contributed by atoms with Gasteiger partial charge in [-0.05, 0) is 64.5 Å². The number of aryl methyl sites for hydroxylation is 1. The number of fused-ring (bicyclic) bond motifs is 1. The largest absolute Gasteiger partial charge is 0.337 e. The highest BCUT2D eigenvalue weighted by Crippen LogP contribution is 2.38. The number of hydrogen-bond donors (Lipinski definition) is 0. The molecule has 1 atom stereocenters. The summed E-state index contributed by atoms with van der Waals surface area (Å²) in [6.07, 6.45) is 8.70. The summed E-state index contributed by atoms with van der Waals surface area (Å²) < 4.78 is 29.5. The van der Waals surface area contributed by atoms with Crippen LogP contribution < -0.4 is 4.31 Å². The normalized spacial score (nSPS) is 17.0. The van der Waals surface area contributed by atoms with Gasteiger partial charge in [0.15, 0.2) is 0 Å². The summed E-state index contributed by atoms with van der Waals surface area (Å²) in [5.74, 6) is 0.189. The smallest absolute Gasteiger partial charge is 0.246 e. The molecule has 198 valence electrons. The van der Waals surface area contributed by atoms with Gasteiger partial charge in [-0.2, -0.15) is 0 Å². The van der Waals surface area contributed by atoms with Crippen molar-refractivity contribution >= 4 is 50.2 Å². The lowest BCUT2D eigenvalue weighted by molar-refractivity contribution is -0.126. The minimum Gasteiger partial charge on any atom is -0.337 e. The first kappa shape index (κ1) is 27.1. The molecule has 0 radical (unpaired) electrons. The summed E-state index contributed by atoms with van der Waals surface area (Å²) in [5, 5.41) is 0.476. The van der Waals surface area contributed by atoms with Gasteiger partial charge in [0, 0.05) is 37.6 Å². The van der Waals surface area contributed by atoms with Crippen molar-refractivity contribution in [1.82, 2.24) is 24.3 Å². The van der Waals surface area contributed by atoms with E-state index in [1.165, 1.54) is 4.31 Å². The number of anilines is 2. The van der Waals surface area contributed by atoms with Crippen molar-refractivity contribution in [1.29, 1.82) is 0 Å². The number of rotatable bonds is 7. The highest BCUT2D eigenvalue weighted by molar-refractivity contribution is 7.92. The molecule has 0 aliphatic carbocycles. The molecule has 0 saturated carbocycles. The van der Waals surface area contributed by atoms with Crippen LogP contribution in [0.15, 0.2) is 48.7 Å². The van der Waals surface area contributed by atoms with Crippen LogP contribution >= 0.6 is 11.6 Å². The van der Waals surface area contributed by atoms with Gasteiger partial charge in [0.2, 0.25) is 21.9 Å². The van der Waals surface area contributed by atoms with Gasteiger partial charge < -0.3 is 14.4 Å². The van der Waals surface area contributed by atoms with E-state index >= 15 is 0 Å². The fraction of sp³-hybridized carbons (Fsp3) is 0.423. The van der Waals surface area contributed by atoms with E-state index in [0.29, 0.717) is 47.1 Å². The maximum absolute atomic E-state index is 13.2. The molecule has 1 amide bonds. The van der Waals surface area contributed by atoms with Crippen molar-refractivity contribution in [2.75, 3.05) is 44.3 Å². The number of aromatic nitrogens is 3. The van der Waals surface area contributed by atoms with Gasteiger partial charge >= 0.3 is 0 Å². The fourth-order valence-corrected chi connectivity index (χ4v) is 5.88. The van der Waals surface area contributed by atoms with Crippen LogP contribution in [0.25, 0.3) is 11.0 Å². The molecule has 4 rings (SSSR count). The second kappa shape index (κ2) is 11.2. The first-order chi connectivity index (χ1) is 17.6. The number of carbonyl (C=O) groups is 1. The minimum absolute atomic E-state index is 0.0597. The third kappa shape index (κ3) is 6.14. The van der Waals surface area contributed by atoms with Crippen LogP contribution in [0.1, 0.15) is 31.0 Å². The van der Waals surface area contributed by atoms with Gasteiger partial charge in [-0.1, -0.05) is 23.7 Å². The molecule has 1 aromatic carbocycles. The third-order valence-corrected chi connectivity index (χ3v) is 7.67. The molecule has 9 nitrogen and oxygen atoms in total. The summed E-state index contributed by atoms with van der Waals surface area (Å²) >= 11 is 6.69. The average molecular weight is 545 g/mol. The highest BCUT2D eigenvalue weighted by Gasteiger charge is 2.32. The molecule has 0 bridgehead atoms. The van der Waals surface area contributed by atoms with Gasteiger partial charge in [0.05, 0.1) is 34.0 Å². The number of sulfonamides is 1. The Bertz CT molecular complexity index is 1420. The predicted octanol–water partition coefficient (Wildman–Crippen LogP) is 4.16. The topological polar surface area (TPSA) is 91.6 Å². The first-order valence-electron chi connectivity index (χ1n) is 12.3. The van der Waals surface area contributed by atoms with E-state index in [-0.39, 0.29) is 17.9 Å². The molecule has 1 aliphatic heterocycles. The lowest BCUT2D eigenvalue weighted by atomic mass is 10.1. The second-order valence-electron chi connectivity index (χ2n) is 9.67. The Morgan fingerprint density at radius 2 is 2.03 bits per heavy atom. The predicted molar refractivity (Wildman–Crippen MR) is 148 cm³/mol. The fourth-order valence-electron chi connectivity index (χ4n) is 4.70. The Morgan fingerprint density at radius 3 is 2.73 bits per heavy atom. The summed E-state index contributed by atoms with van der Waals surface area (Å²) in [6, 6.07) is 8.54. The first-order valence-corrected chi connectivity index (χ1v) is 14.5. The number of pyridine rings is 1. The summed E-state index contributed by atoms with van der Waals surface area (Å²) in [7, 11) is 0.111. The van der Waals surface area contributed by atoms with Crippen molar-refractivity contribution in [3.8, 4) is 0 Å². The van der Waals surface area contributed by atoms with Gasteiger partial charge in [-0.25, -0.2) is 17.7 Å². The Balaban J connectivity index is 1.85. The van der Waals surface area contributed by atoms with Crippen molar-refractivity contribution in [3.63, 3.8) is 0 Å². The van der Waals surface area contributed by atoms with E-state index in [1.807, 2.05) is 47.5 Å². The van der Waals surface area contributed by atoms with E-state index in [0.717, 1.165) is 25.5 Å². The highest BCUT2D eigenvalue weighted by atomic mass is 35.5. The number of likely N-dealkylation sites (tertiary alicyclic amines) is 1. The number of hydrogen-bond acceptors (Lipinski definition) is 6. The van der Waals surface area contributed by atoms with Crippen molar-refractivity contribution < 1.29 is 13.2 Å². The Morgan fingerprint density at radius 1 is 1.24 bits per heavy atom. The van der Waals surface area contributed by atoms with E-state index < -0.39 is 10.0 Å². The third-order valence-electron chi connectivity index (χ3n) is 6.32. The van der Waals surface area contributed by atoms with Gasteiger partial charge in [0.25, 0.3) is 0 Å². The molecule has 1 saturated heterocycles. The molecule has 1 aliphatic rings. The zero-order valence-electron chi connectivity index (χ0n) is 21.6. The molecule has 0 N–H and O–H groups in total. The Labute approximate surface area is 223 Å². The maximum Gasteiger partial charge on any atom is 0.246 e. The zero-order valence-corrected chi connectivity index (χ0v) is 23.2. The second-order valence-corrected chi connectivity index (χ2v) is 11.9. The number of amides is 1. The van der Waals surface area contributed by atoms with Crippen LogP contribution in [0.5, 0.6) is 0 Å². The average Bonchev–Trinajstić information content (AvgIpc) is 3.01. The van der Waals surface area contributed by atoms with E-state index in [2.05, 4.69) is 4.98 Å². The molecule has 0 spiro atoms. The van der Waals surface area contributed by atoms with Crippen LogP contribution in [-0.2, 0) is 14.8 Å². The van der Waals surface area contributed by atoms with Gasteiger partial charge in [0.1, 0.15) is 0 Å². The molecule has 37 heavy (non-hydrogen) atoms. The molecular weight excluding hydrogens is 512 g/mol. The Hall–Kier alpha value is -2.95. The minimum atomic E-state index is -3.79. The molecule has 11 heteroatoms. The molecule has 2 aromatic heterocycles. The summed E-state index contributed by atoms with van der Waals surface area (Å²) in [6.45, 7) is 3.53. The molecular formula is C26H33ClN6O3S. The van der Waals surface area contributed by atoms with E-state index in [1.54, 1.807) is 36.5 Å². The molecule has 1 fully saturated rings. The van der Waals surface area contributed by atoms with Crippen molar-refractivity contribution in [3.05, 3.63) is 59.4 Å². The van der Waals surface area contributed by atoms with Crippen LogP contribution in [-0.4, -0.2) is 78.6 Å². The molecule has 1 unspecified atom stereocenters. The number of benzene rings is 1. The van der Waals surface area contributed by atoms with Gasteiger partial charge in [-0.15, -0.1) is 0 Å². The van der Waals surface area contributed by atoms with Crippen LogP contribution in [0, 0.1) is 6.92 Å². The Kier molecular flexibility index (Phi) is 8.20. The lowest BCUT2D eigenvalue weighted by Gasteiger charge is -2.29. The molecule has 3 heterocycles. The number of carbonyl (C=O) groups excluding carboxylic acids is 1. The van der Waals surface area contributed by atoms with Crippen molar-refractivity contribution in [2.24, 2.45) is 0 Å². The quantitative estimate of drug-likeness (QED) is 0.415. The number of nitrogens with zero attached hydrogens (tertiary/aromatic N) is 6. The number of halogens is 1. The van der Waals surface area contributed by atoms with Crippen LogP contribution in [0.4, 0.5) is 11.6 Å².